The van der Waals surface area contributed by atoms with Gasteiger partial charge < -0.3 is 29.7 Å². The second-order valence-electron chi connectivity index (χ2n) is 1.47. The first kappa shape index (κ1) is 29.5. The molecule has 0 saturated heterocycles. The summed E-state index contributed by atoms with van der Waals surface area (Å²) in [5.74, 6) is -3.25. The molecule has 8 heteroatoms. The number of carboxylic acids is 3. The summed E-state index contributed by atoms with van der Waals surface area (Å²) in [4.78, 5) is 26.7. The van der Waals surface area contributed by atoms with Gasteiger partial charge in [-0.25, -0.2) is 0 Å². The molecular formula is C6H9CsO6Pb. The molecule has 0 aliphatic heterocycles. The fourth-order valence-corrected chi connectivity index (χ4v) is 0. The first-order chi connectivity index (χ1) is 5.20. The molecule has 14 heavy (non-hydrogen) atoms. The average molecular weight is 517 g/mol. The number of hydrogen-bond donors (Lipinski definition) is 0. The molecule has 0 fully saturated rings. The molecule has 74 valence electrons. The smallest absolute Gasteiger partial charge is 0.550 e. The number of hydrogen-bond acceptors (Lipinski definition) is 6. The first-order valence-corrected chi connectivity index (χ1v) is 2.72. The molecule has 0 saturated carbocycles. The van der Waals surface area contributed by atoms with E-state index in [-0.39, 0.29) is 96.2 Å². The normalized spacial score (nSPS) is 5.36. The van der Waals surface area contributed by atoms with Crippen LogP contribution < -0.4 is 84.2 Å². The maximum absolute atomic E-state index is 8.89. The van der Waals surface area contributed by atoms with Gasteiger partial charge in [0.25, 0.3) is 0 Å². The van der Waals surface area contributed by atoms with E-state index in [4.69, 9.17) is 29.7 Å². The number of carbonyl (C=O) groups excluding carboxylic acids is 3. The van der Waals surface area contributed by atoms with Crippen LogP contribution in [0, 0.1) is 0 Å². The predicted molar refractivity (Wildman–Crippen MR) is 37.8 cm³/mol. The van der Waals surface area contributed by atoms with E-state index in [0.717, 1.165) is 20.8 Å². The summed E-state index contributed by atoms with van der Waals surface area (Å²) in [5, 5.41) is 26.7. The molecule has 0 rings (SSSR count). The minimum absolute atomic E-state index is 0. The van der Waals surface area contributed by atoms with Crippen molar-refractivity contribution in [3.8, 4) is 0 Å². The van der Waals surface area contributed by atoms with Crippen LogP contribution in [0.15, 0.2) is 0 Å². The van der Waals surface area contributed by atoms with Crippen LogP contribution in [-0.4, -0.2) is 45.2 Å². The van der Waals surface area contributed by atoms with Crippen molar-refractivity contribution >= 4 is 45.2 Å². The predicted octanol–water partition coefficient (Wildman–Crippen LogP) is -7.11. The van der Waals surface area contributed by atoms with Crippen molar-refractivity contribution < 1.29 is 98.6 Å². The zero-order valence-corrected chi connectivity index (χ0v) is 18.6. The van der Waals surface area contributed by atoms with Crippen molar-refractivity contribution in [2.24, 2.45) is 0 Å². The molecule has 0 spiro atoms. The third-order valence-corrected chi connectivity index (χ3v) is 0. The maximum atomic E-state index is 8.89. The van der Waals surface area contributed by atoms with E-state index in [2.05, 4.69) is 0 Å². The number of carbonyl (C=O) groups is 3. The largest absolute Gasteiger partial charge is 2.00 e. The van der Waals surface area contributed by atoms with E-state index < -0.39 is 17.9 Å². The van der Waals surface area contributed by atoms with E-state index >= 15 is 0 Å². The average Bonchev–Trinajstić information content (AvgIpc) is 1.54. The van der Waals surface area contributed by atoms with Gasteiger partial charge in [0.2, 0.25) is 0 Å². The topological polar surface area (TPSA) is 120 Å². The number of carboxylic acid groups (broad SMARTS) is 3. The van der Waals surface area contributed by atoms with Crippen molar-refractivity contribution in [1.82, 2.24) is 0 Å². The number of rotatable bonds is 0. The van der Waals surface area contributed by atoms with E-state index in [1.165, 1.54) is 0 Å². The molecule has 0 aliphatic carbocycles. The molecule has 0 unspecified atom stereocenters. The molecule has 0 aromatic carbocycles. The Labute approximate surface area is 161 Å². The molecule has 0 aliphatic rings. The zero-order chi connectivity index (χ0) is 10.7. The Kier molecular flexibility index (Phi) is 50.4. The Morgan fingerprint density at radius 3 is 0.714 bits per heavy atom. The van der Waals surface area contributed by atoms with Crippen molar-refractivity contribution in [3.05, 3.63) is 0 Å². The Bertz CT molecular complexity index is 120. The summed E-state index contributed by atoms with van der Waals surface area (Å²) in [6.07, 6.45) is 0. The summed E-state index contributed by atoms with van der Waals surface area (Å²) in [7, 11) is 0. The van der Waals surface area contributed by atoms with Gasteiger partial charge in [0, 0.05) is 17.9 Å². The molecular weight excluding hydrogens is 508 g/mol. The minimum atomic E-state index is -1.08. The maximum Gasteiger partial charge on any atom is 2.00 e. The fourth-order valence-electron chi connectivity index (χ4n) is 0. The molecule has 6 nitrogen and oxygen atoms in total. The molecule has 0 heterocycles. The van der Waals surface area contributed by atoms with Crippen LogP contribution in [0.2, 0.25) is 0 Å². The monoisotopic (exact) mass is 518 g/mol. The van der Waals surface area contributed by atoms with E-state index in [1.807, 2.05) is 0 Å². The standard InChI is InChI=1S/3C2H4O2.Cs.Pb/c3*1-2(3)4;;/h3*1H3,(H,3,4);;/q;;;+1;+2/p-3. The summed E-state index contributed by atoms with van der Waals surface area (Å²) in [6, 6.07) is 0. The summed E-state index contributed by atoms with van der Waals surface area (Å²) >= 11 is 0. The van der Waals surface area contributed by atoms with Gasteiger partial charge in [-0.2, -0.15) is 0 Å². The van der Waals surface area contributed by atoms with Gasteiger partial charge in [-0.15, -0.1) is 0 Å². The van der Waals surface area contributed by atoms with Gasteiger partial charge in [-0.05, 0) is 20.8 Å². The van der Waals surface area contributed by atoms with Crippen LogP contribution >= 0.6 is 0 Å². The van der Waals surface area contributed by atoms with Crippen LogP contribution in [0.25, 0.3) is 0 Å². The van der Waals surface area contributed by atoms with Crippen molar-refractivity contribution in [1.29, 1.82) is 0 Å². The summed E-state index contributed by atoms with van der Waals surface area (Å²) in [5.41, 5.74) is 0. The van der Waals surface area contributed by atoms with E-state index in [1.54, 1.807) is 0 Å². The first-order valence-electron chi connectivity index (χ1n) is 2.72. The van der Waals surface area contributed by atoms with Gasteiger partial charge in [0.1, 0.15) is 0 Å². The van der Waals surface area contributed by atoms with Crippen LogP contribution in [0.3, 0.4) is 0 Å². The van der Waals surface area contributed by atoms with Gasteiger partial charge in [-0.1, -0.05) is 0 Å². The minimum Gasteiger partial charge on any atom is -0.550 e. The molecule has 0 aromatic rings. The fraction of sp³-hybridized carbons (Fsp3) is 0.500. The Morgan fingerprint density at radius 2 is 0.714 bits per heavy atom. The molecule has 0 N–H and O–H groups in total. The third kappa shape index (κ3) is 1070. The Balaban J connectivity index is -0.0000000270. The van der Waals surface area contributed by atoms with Crippen molar-refractivity contribution in [2.75, 3.05) is 0 Å². The Hall–Kier alpha value is 1.38. The zero-order valence-electron chi connectivity index (χ0n) is 8.45. The summed E-state index contributed by atoms with van der Waals surface area (Å²) in [6.45, 7) is 2.92. The Morgan fingerprint density at radius 1 is 0.714 bits per heavy atom. The van der Waals surface area contributed by atoms with Crippen LogP contribution in [0.1, 0.15) is 20.8 Å². The van der Waals surface area contributed by atoms with Crippen LogP contribution in [0.5, 0.6) is 0 Å². The van der Waals surface area contributed by atoms with E-state index in [9.17, 15) is 0 Å². The van der Waals surface area contributed by atoms with Crippen LogP contribution in [-0.2, 0) is 14.4 Å². The SMILES string of the molecule is CC(=O)[O-].CC(=O)[O-].CC(=O)[O-].[Cs+].[Pb+2]. The molecule has 0 bridgehead atoms. The van der Waals surface area contributed by atoms with Crippen LogP contribution in [0.4, 0.5) is 0 Å². The van der Waals surface area contributed by atoms with Gasteiger partial charge in [0.05, 0.1) is 0 Å². The second-order valence-corrected chi connectivity index (χ2v) is 1.47. The second kappa shape index (κ2) is 23.9. The van der Waals surface area contributed by atoms with Crippen molar-refractivity contribution in [2.45, 2.75) is 20.8 Å². The van der Waals surface area contributed by atoms with Gasteiger partial charge in [0.15, 0.2) is 0 Å². The quantitative estimate of drug-likeness (QED) is 0.295. The number of aliphatic carboxylic acids is 3. The van der Waals surface area contributed by atoms with Gasteiger partial charge in [-0.3, -0.25) is 0 Å². The molecule has 0 aromatic heterocycles. The van der Waals surface area contributed by atoms with Gasteiger partial charge >= 0.3 is 96.2 Å². The third-order valence-electron chi connectivity index (χ3n) is 0. The summed E-state index contributed by atoms with van der Waals surface area (Å²) < 4.78 is 0. The molecule has 2 radical (unpaired) electrons. The molecule has 0 amide bonds. The van der Waals surface area contributed by atoms with E-state index in [0.29, 0.717) is 0 Å². The molecule has 0 atom stereocenters. The van der Waals surface area contributed by atoms with Crippen molar-refractivity contribution in [3.63, 3.8) is 0 Å².